The zero-order valence-corrected chi connectivity index (χ0v) is 29.7. The van der Waals surface area contributed by atoms with Gasteiger partial charge in [-0.2, -0.15) is 17.2 Å². The molecule has 0 aliphatic carbocycles. The molecule has 0 amide bonds. The Labute approximate surface area is 290 Å². The zero-order chi connectivity index (χ0) is 32.3. The van der Waals surface area contributed by atoms with Gasteiger partial charge in [-0.25, -0.2) is 4.98 Å². The van der Waals surface area contributed by atoms with Gasteiger partial charge >= 0.3 is 20.4 Å². The van der Waals surface area contributed by atoms with E-state index < -0.39 is 0 Å². The van der Waals surface area contributed by atoms with E-state index in [1.54, 1.807) is 0 Å². The monoisotopic (exact) mass is 708 g/mol. The third-order valence-electron chi connectivity index (χ3n) is 8.72. The minimum atomic E-state index is -0.00825. The van der Waals surface area contributed by atoms with Crippen LogP contribution in [0.15, 0.2) is 85.1 Å². The predicted molar refractivity (Wildman–Crippen MR) is 188 cm³/mol. The Morgan fingerprint density at radius 1 is 0.723 bits per heavy atom. The first-order valence-electron chi connectivity index (χ1n) is 15.8. The van der Waals surface area contributed by atoms with E-state index in [1.165, 1.54) is 27.8 Å². The number of rotatable bonds is 5. The molecule has 0 atom stereocenters. The quantitative estimate of drug-likeness (QED) is 0.132. The average molecular weight is 709 g/mol. The summed E-state index contributed by atoms with van der Waals surface area (Å²) >= 11 is 0. The van der Waals surface area contributed by atoms with Gasteiger partial charge in [-0.05, 0) is 91.6 Å². The number of para-hydroxylation sites is 1. The summed E-state index contributed by atoms with van der Waals surface area (Å²) in [6, 6.07) is 34.1. The van der Waals surface area contributed by atoms with Gasteiger partial charge in [0.15, 0.2) is 0 Å². The topological polar surface area (TPSA) is 44.9 Å². The zero-order valence-electron chi connectivity index (χ0n) is 28.1. The second-order valence-corrected chi connectivity index (χ2v) is 13.3. The van der Waals surface area contributed by atoms with Gasteiger partial charge < -0.3 is 9.30 Å². The number of pyridine rings is 1. The molecule has 0 N–H and O–H groups in total. The van der Waals surface area contributed by atoms with Crippen molar-refractivity contribution >= 4 is 21.8 Å². The normalized spacial score (nSPS) is 11.7. The molecule has 0 radical (unpaired) electrons. The molecular formula is C41H38N4OPd. The van der Waals surface area contributed by atoms with Crippen LogP contribution < -0.4 is 4.74 Å². The van der Waals surface area contributed by atoms with Crippen molar-refractivity contribution in [3.8, 4) is 34.1 Å². The number of aryl methyl sites for hydroxylation is 4. The van der Waals surface area contributed by atoms with Gasteiger partial charge in [0.05, 0.1) is 5.69 Å². The van der Waals surface area contributed by atoms with Crippen LogP contribution in [-0.2, 0) is 25.8 Å². The van der Waals surface area contributed by atoms with E-state index in [-0.39, 0.29) is 25.8 Å². The van der Waals surface area contributed by atoms with Gasteiger partial charge in [0, 0.05) is 34.5 Å². The molecule has 0 unspecified atom stereocenters. The average Bonchev–Trinajstić information content (AvgIpc) is 3.49. The Kier molecular flexibility index (Phi) is 8.47. The van der Waals surface area contributed by atoms with Gasteiger partial charge in [0.1, 0.15) is 5.82 Å². The van der Waals surface area contributed by atoms with Gasteiger partial charge in [-0.15, -0.1) is 35.7 Å². The molecule has 6 heteroatoms. The van der Waals surface area contributed by atoms with Crippen LogP contribution in [0, 0.1) is 46.8 Å². The molecule has 0 aliphatic heterocycles. The molecule has 238 valence electrons. The smallest absolute Gasteiger partial charge is 0.509 e. The largest absolute Gasteiger partial charge is 2.00 e. The fourth-order valence-electron chi connectivity index (χ4n) is 6.68. The van der Waals surface area contributed by atoms with Gasteiger partial charge in [-0.3, -0.25) is 4.68 Å². The maximum Gasteiger partial charge on any atom is 2.00 e. The Hall–Kier alpha value is -4.50. The summed E-state index contributed by atoms with van der Waals surface area (Å²) in [6.45, 7) is 17.5. The van der Waals surface area contributed by atoms with E-state index in [4.69, 9.17) is 14.8 Å². The second-order valence-electron chi connectivity index (χ2n) is 13.3. The molecule has 3 aromatic heterocycles. The van der Waals surface area contributed by atoms with Crippen molar-refractivity contribution in [2.75, 3.05) is 0 Å². The minimum absolute atomic E-state index is 0. The van der Waals surface area contributed by atoms with Crippen LogP contribution >= 0.6 is 0 Å². The molecule has 0 saturated heterocycles. The molecule has 7 rings (SSSR count). The fraction of sp³-hybridized carbons (Fsp3) is 0.220. The molecule has 3 heterocycles. The summed E-state index contributed by atoms with van der Waals surface area (Å²) in [6.07, 6.45) is 1.85. The van der Waals surface area contributed by atoms with E-state index in [0.717, 1.165) is 50.3 Å². The van der Waals surface area contributed by atoms with Crippen molar-refractivity contribution in [3.63, 3.8) is 0 Å². The molecule has 0 spiro atoms. The summed E-state index contributed by atoms with van der Waals surface area (Å²) < 4.78 is 10.6. The summed E-state index contributed by atoms with van der Waals surface area (Å²) in [5.74, 6) is 2.06. The van der Waals surface area contributed by atoms with Crippen molar-refractivity contribution in [1.29, 1.82) is 0 Å². The number of benzene rings is 4. The van der Waals surface area contributed by atoms with Crippen LogP contribution in [0.25, 0.3) is 44.4 Å². The summed E-state index contributed by atoms with van der Waals surface area (Å²) in [5.41, 5.74) is 12.4. The molecule has 0 aliphatic rings. The van der Waals surface area contributed by atoms with Crippen LogP contribution in [0.4, 0.5) is 0 Å². The Morgan fingerprint density at radius 2 is 1.49 bits per heavy atom. The van der Waals surface area contributed by atoms with E-state index in [1.807, 2.05) is 41.2 Å². The summed E-state index contributed by atoms with van der Waals surface area (Å²) in [7, 11) is 0. The molecule has 0 fully saturated rings. The van der Waals surface area contributed by atoms with Crippen LogP contribution in [0.1, 0.15) is 54.4 Å². The Bertz CT molecular complexity index is 2290. The van der Waals surface area contributed by atoms with Crippen molar-refractivity contribution in [2.45, 2.75) is 60.8 Å². The molecular weight excluding hydrogens is 671 g/mol. The van der Waals surface area contributed by atoms with Gasteiger partial charge in [-0.1, -0.05) is 62.2 Å². The third-order valence-corrected chi connectivity index (χ3v) is 8.72. The molecule has 7 aromatic rings. The van der Waals surface area contributed by atoms with Crippen molar-refractivity contribution in [1.82, 2.24) is 19.3 Å². The molecule has 0 bridgehead atoms. The van der Waals surface area contributed by atoms with E-state index in [0.29, 0.717) is 11.5 Å². The van der Waals surface area contributed by atoms with Crippen molar-refractivity contribution in [3.05, 3.63) is 131 Å². The Balaban J connectivity index is 0.00000386. The van der Waals surface area contributed by atoms with E-state index in [2.05, 4.69) is 121 Å². The van der Waals surface area contributed by atoms with E-state index >= 15 is 0 Å². The standard InChI is InChI=1S/C41H38N4O.Pd/c1-25-18-19-42-38(22-25)44-36-15-10-9-14-33(36)34-17-16-32(24-37(34)44)46-31-13-11-12-30(23-31)45-29(5)40(28(4)43-45)39-27(3)20-26(2)21-35(39)41(6,7)8;/h9-22H,1-8H3;/q-2;+2. The molecule has 4 aromatic carbocycles. The molecule has 47 heavy (non-hydrogen) atoms. The van der Waals surface area contributed by atoms with Gasteiger partial charge in [0.2, 0.25) is 0 Å². The third kappa shape index (κ3) is 5.82. The maximum atomic E-state index is 6.43. The van der Waals surface area contributed by atoms with Crippen LogP contribution in [0.5, 0.6) is 11.5 Å². The number of hydrogen-bond donors (Lipinski definition) is 0. The first-order valence-corrected chi connectivity index (χ1v) is 15.8. The van der Waals surface area contributed by atoms with E-state index in [9.17, 15) is 0 Å². The second kappa shape index (κ2) is 12.3. The number of nitrogens with zero attached hydrogens (tertiary/aromatic N) is 4. The van der Waals surface area contributed by atoms with Crippen LogP contribution in [0.2, 0.25) is 0 Å². The first kappa shape index (κ1) is 32.4. The van der Waals surface area contributed by atoms with Crippen LogP contribution in [0.3, 0.4) is 0 Å². The predicted octanol–water partition coefficient (Wildman–Crippen LogP) is 10.3. The Morgan fingerprint density at radius 3 is 2.26 bits per heavy atom. The first-order chi connectivity index (χ1) is 22.0. The number of ether oxygens (including phenoxy) is 1. The maximum absolute atomic E-state index is 6.43. The summed E-state index contributed by atoms with van der Waals surface area (Å²) in [5, 5.41) is 7.27. The number of aromatic nitrogens is 4. The number of hydrogen-bond acceptors (Lipinski definition) is 3. The molecule has 0 saturated carbocycles. The fourth-order valence-corrected chi connectivity index (χ4v) is 6.68. The van der Waals surface area contributed by atoms with Gasteiger partial charge in [0.25, 0.3) is 0 Å². The minimum Gasteiger partial charge on any atom is -0.509 e. The summed E-state index contributed by atoms with van der Waals surface area (Å²) in [4.78, 5) is 4.69. The van der Waals surface area contributed by atoms with Crippen molar-refractivity contribution in [2.24, 2.45) is 0 Å². The van der Waals surface area contributed by atoms with Crippen molar-refractivity contribution < 1.29 is 25.2 Å². The van der Waals surface area contributed by atoms with Crippen LogP contribution in [-0.4, -0.2) is 19.3 Å². The molecule has 5 nitrogen and oxygen atoms in total. The number of fused-ring (bicyclic) bond motifs is 3. The SMILES string of the molecule is Cc1ccnc(-n2c3[c-]c(Oc4[c-]c(-n5nc(C)c(-c6c(C)cc(C)cc6C(C)(C)C)c5C)ccc4)ccc3c3ccccc32)c1.[Pd+2].